The summed E-state index contributed by atoms with van der Waals surface area (Å²) in [7, 11) is 1.62. The van der Waals surface area contributed by atoms with Gasteiger partial charge in [0.25, 0.3) is 0 Å². The van der Waals surface area contributed by atoms with Crippen LogP contribution >= 0.6 is 23.4 Å². The Balaban J connectivity index is 1.60. The number of anilines is 1. The van der Waals surface area contributed by atoms with E-state index in [0.717, 1.165) is 22.6 Å². The Bertz CT molecular complexity index is 1260. The smallest absolute Gasteiger partial charge is 0.237 e. The highest BCUT2D eigenvalue weighted by molar-refractivity contribution is 8.00. The van der Waals surface area contributed by atoms with Gasteiger partial charge in [0.1, 0.15) is 11.5 Å². The molecule has 1 N–H and O–H groups in total. The van der Waals surface area contributed by atoms with Crippen molar-refractivity contribution in [3.8, 4) is 17.1 Å². The molecule has 1 unspecified atom stereocenters. The summed E-state index contributed by atoms with van der Waals surface area (Å²) in [4.78, 5) is 12.9. The first-order valence-corrected chi connectivity index (χ1v) is 11.5. The normalized spacial score (nSPS) is 11.9. The molecule has 9 heteroatoms. The number of benzene rings is 2. The first-order chi connectivity index (χ1) is 16.0. The lowest BCUT2D eigenvalue weighted by Gasteiger charge is -2.15. The molecular weight excluding hydrogens is 460 g/mol. The third-order valence-corrected chi connectivity index (χ3v) is 6.61. The van der Waals surface area contributed by atoms with E-state index in [4.69, 9.17) is 20.8 Å². The van der Waals surface area contributed by atoms with E-state index in [0.29, 0.717) is 28.2 Å². The van der Waals surface area contributed by atoms with Crippen LogP contribution in [-0.2, 0) is 11.3 Å². The zero-order chi connectivity index (χ0) is 23.4. The fourth-order valence-corrected chi connectivity index (χ4v) is 4.26. The van der Waals surface area contributed by atoms with Crippen LogP contribution in [0.1, 0.15) is 18.2 Å². The standard InChI is InChI=1S/C24H23ClN4O3S/c1-15-20(25)10-5-11-21(15)26-23(30)16(2)33-24-28-27-22(17-7-4-8-18(13-17)31-3)29(24)14-19-9-6-12-32-19/h4-13,16H,14H2,1-3H3,(H,26,30). The van der Waals surface area contributed by atoms with Crippen LogP contribution in [-0.4, -0.2) is 33.0 Å². The molecule has 0 aliphatic heterocycles. The van der Waals surface area contributed by atoms with Crippen molar-refractivity contribution in [3.63, 3.8) is 0 Å². The number of thioether (sulfide) groups is 1. The van der Waals surface area contributed by atoms with Gasteiger partial charge in [-0.05, 0) is 55.8 Å². The number of hydrogen-bond acceptors (Lipinski definition) is 6. The average molecular weight is 483 g/mol. The lowest BCUT2D eigenvalue weighted by Crippen LogP contribution is -2.23. The minimum absolute atomic E-state index is 0.152. The van der Waals surface area contributed by atoms with E-state index in [9.17, 15) is 4.79 Å². The molecule has 2 aromatic heterocycles. The number of aromatic nitrogens is 3. The quantitative estimate of drug-likeness (QED) is 0.325. The zero-order valence-corrected chi connectivity index (χ0v) is 20.0. The Morgan fingerprint density at radius 2 is 2.03 bits per heavy atom. The highest BCUT2D eigenvalue weighted by atomic mass is 35.5. The fourth-order valence-electron chi connectivity index (χ4n) is 3.24. The second-order valence-electron chi connectivity index (χ2n) is 7.37. The molecule has 1 amide bonds. The molecule has 0 aliphatic carbocycles. The maximum absolute atomic E-state index is 12.9. The molecule has 0 radical (unpaired) electrons. The molecular formula is C24H23ClN4O3S. The second-order valence-corrected chi connectivity index (χ2v) is 9.08. The van der Waals surface area contributed by atoms with Gasteiger partial charge in [0, 0.05) is 16.3 Å². The van der Waals surface area contributed by atoms with Crippen LogP contribution in [0.5, 0.6) is 5.75 Å². The monoisotopic (exact) mass is 482 g/mol. The molecule has 4 rings (SSSR count). The van der Waals surface area contributed by atoms with Gasteiger partial charge in [0.15, 0.2) is 11.0 Å². The summed E-state index contributed by atoms with van der Waals surface area (Å²) in [6.07, 6.45) is 1.63. The molecule has 0 saturated heterocycles. The van der Waals surface area contributed by atoms with Crippen molar-refractivity contribution in [2.45, 2.75) is 30.8 Å². The maximum Gasteiger partial charge on any atom is 0.237 e. The molecule has 1 atom stereocenters. The van der Waals surface area contributed by atoms with E-state index in [1.165, 1.54) is 11.8 Å². The third kappa shape index (κ3) is 5.23. The lowest BCUT2D eigenvalue weighted by atomic mass is 10.2. The topological polar surface area (TPSA) is 82.2 Å². The Hall–Kier alpha value is -3.23. The van der Waals surface area contributed by atoms with Crippen LogP contribution in [0.4, 0.5) is 5.69 Å². The van der Waals surface area contributed by atoms with Crippen LogP contribution in [0.3, 0.4) is 0 Å². The molecule has 2 aromatic carbocycles. The Kier molecular flexibility index (Phi) is 7.05. The van der Waals surface area contributed by atoms with E-state index < -0.39 is 5.25 Å². The fraction of sp³-hybridized carbons (Fsp3) is 0.208. The van der Waals surface area contributed by atoms with E-state index >= 15 is 0 Å². The summed E-state index contributed by atoms with van der Waals surface area (Å²) in [5.74, 6) is 1.98. The molecule has 33 heavy (non-hydrogen) atoms. The number of carbonyl (C=O) groups excluding carboxylic acids is 1. The number of ether oxygens (including phenoxy) is 1. The third-order valence-electron chi connectivity index (χ3n) is 5.12. The van der Waals surface area contributed by atoms with Gasteiger partial charge in [-0.2, -0.15) is 0 Å². The highest BCUT2D eigenvalue weighted by Gasteiger charge is 2.22. The van der Waals surface area contributed by atoms with E-state index in [2.05, 4.69) is 15.5 Å². The van der Waals surface area contributed by atoms with Gasteiger partial charge in [-0.25, -0.2) is 0 Å². The SMILES string of the molecule is COc1cccc(-c2nnc(SC(C)C(=O)Nc3cccc(Cl)c3C)n2Cc2ccco2)c1. The van der Waals surface area contributed by atoms with Gasteiger partial charge >= 0.3 is 0 Å². The van der Waals surface area contributed by atoms with E-state index in [-0.39, 0.29) is 5.91 Å². The lowest BCUT2D eigenvalue weighted by molar-refractivity contribution is -0.115. The van der Waals surface area contributed by atoms with Crippen molar-refractivity contribution < 1.29 is 13.9 Å². The van der Waals surface area contributed by atoms with Gasteiger partial charge in [-0.15, -0.1) is 10.2 Å². The number of amides is 1. The number of halogens is 1. The molecule has 7 nitrogen and oxygen atoms in total. The maximum atomic E-state index is 12.9. The number of hydrogen-bond donors (Lipinski definition) is 1. The van der Waals surface area contributed by atoms with E-state index in [1.54, 1.807) is 19.4 Å². The van der Waals surface area contributed by atoms with Crippen LogP contribution < -0.4 is 10.1 Å². The summed E-state index contributed by atoms with van der Waals surface area (Å²) >= 11 is 7.51. The number of rotatable bonds is 8. The van der Waals surface area contributed by atoms with Crippen LogP contribution in [0.15, 0.2) is 70.4 Å². The summed E-state index contributed by atoms with van der Waals surface area (Å²) < 4.78 is 12.8. The van der Waals surface area contributed by atoms with Gasteiger partial charge in [-0.3, -0.25) is 9.36 Å². The van der Waals surface area contributed by atoms with Crippen molar-refractivity contribution in [1.82, 2.24) is 14.8 Å². The summed E-state index contributed by atoms with van der Waals surface area (Å²) in [5.41, 5.74) is 2.37. The number of methoxy groups -OCH3 is 1. The van der Waals surface area contributed by atoms with Crippen molar-refractivity contribution in [1.29, 1.82) is 0 Å². The van der Waals surface area contributed by atoms with Crippen molar-refractivity contribution in [2.75, 3.05) is 12.4 Å². The Morgan fingerprint density at radius 1 is 1.21 bits per heavy atom. The van der Waals surface area contributed by atoms with Crippen LogP contribution in [0, 0.1) is 6.92 Å². The van der Waals surface area contributed by atoms with Crippen molar-refractivity contribution in [3.05, 3.63) is 77.2 Å². The number of carbonyl (C=O) groups is 1. The summed E-state index contributed by atoms with van der Waals surface area (Å²) in [6, 6.07) is 16.8. The Labute approximate surface area is 201 Å². The predicted octanol–water partition coefficient (Wildman–Crippen LogP) is 5.68. The van der Waals surface area contributed by atoms with Crippen molar-refractivity contribution in [2.24, 2.45) is 0 Å². The minimum Gasteiger partial charge on any atom is -0.497 e. The number of nitrogens with zero attached hydrogens (tertiary/aromatic N) is 3. The zero-order valence-electron chi connectivity index (χ0n) is 18.4. The number of nitrogens with one attached hydrogen (secondary N) is 1. The largest absolute Gasteiger partial charge is 0.497 e. The molecule has 4 aromatic rings. The number of furan rings is 1. The molecule has 0 bridgehead atoms. The van der Waals surface area contributed by atoms with E-state index in [1.807, 2.05) is 66.9 Å². The van der Waals surface area contributed by atoms with Gasteiger partial charge in [-0.1, -0.05) is 41.6 Å². The summed E-state index contributed by atoms with van der Waals surface area (Å²) in [5, 5.41) is 12.5. The average Bonchev–Trinajstić information content (AvgIpc) is 3.47. The van der Waals surface area contributed by atoms with Crippen LogP contribution in [0.2, 0.25) is 5.02 Å². The highest BCUT2D eigenvalue weighted by Crippen LogP contribution is 2.30. The summed E-state index contributed by atoms with van der Waals surface area (Å²) in [6.45, 7) is 4.13. The van der Waals surface area contributed by atoms with Crippen molar-refractivity contribution >= 4 is 35.0 Å². The molecule has 0 fully saturated rings. The molecule has 0 spiro atoms. The molecule has 170 valence electrons. The second kappa shape index (κ2) is 10.1. The van der Waals surface area contributed by atoms with Gasteiger partial charge in [0.05, 0.1) is 25.2 Å². The first-order valence-electron chi connectivity index (χ1n) is 10.3. The predicted molar refractivity (Wildman–Crippen MR) is 130 cm³/mol. The molecule has 0 saturated carbocycles. The van der Waals surface area contributed by atoms with Gasteiger partial charge in [0.2, 0.25) is 5.91 Å². The molecule has 0 aliphatic rings. The van der Waals surface area contributed by atoms with Gasteiger partial charge < -0.3 is 14.5 Å². The first kappa shape index (κ1) is 22.9. The minimum atomic E-state index is -0.430. The van der Waals surface area contributed by atoms with Crippen LogP contribution in [0.25, 0.3) is 11.4 Å². The molecule has 2 heterocycles. The Morgan fingerprint density at radius 3 is 2.79 bits per heavy atom.